The van der Waals surface area contributed by atoms with Gasteiger partial charge in [-0.2, -0.15) is 0 Å². The van der Waals surface area contributed by atoms with Gasteiger partial charge in [0.2, 0.25) is 5.56 Å². The Balaban J connectivity index is 1.38. The molecule has 1 saturated carbocycles. The first-order valence-electron chi connectivity index (χ1n) is 12.1. The lowest BCUT2D eigenvalue weighted by atomic mass is 9.61. The average Bonchev–Trinajstić information content (AvgIpc) is 2.98. The Hall–Kier alpha value is -2.43. The molecule has 0 aliphatic heterocycles. The molecule has 4 heteroatoms. The fourth-order valence-corrected chi connectivity index (χ4v) is 7.06. The van der Waals surface area contributed by atoms with E-state index in [2.05, 4.69) is 36.2 Å². The molecule has 5 atom stereocenters. The van der Waals surface area contributed by atoms with Gasteiger partial charge in [-0.3, -0.25) is 4.79 Å². The van der Waals surface area contributed by atoms with Gasteiger partial charge in [-0.1, -0.05) is 42.4 Å². The molecule has 1 aromatic heterocycles. The number of benzene rings is 1. The van der Waals surface area contributed by atoms with Gasteiger partial charge >= 0.3 is 0 Å². The Morgan fingerprint density at radius 1 is 1.09 bits per heavy atom. The van der Waals surface area contributed by atoms with Crippen LogP contribution in [0.15, 0.2) is 64.1 Å². The zero-order chi connectivity index (χ0) is 22.0. The maximum absolute atomic E-state index is 11.7. The second kappa shape index (κ2) is 7.29. The highest BCUT2D eigenvalue weighted by molar-refractivity contribution is 5.87. The molecule has 4 aliphatic carbocycles. The van der Waals surface area contributed by atoms with E-state index in [1.165, 1.54) is 22.3 Å². The van der Waals surface area contributed by atoms with Gasteiger partial charge in [0.15, 0.2) is 0 Å². The number of nitrogens with one attached hydrogen (secondary N) is 1. The molecule has 1 aromatic carbocycles. The summed E-state index contributed by atoms with van der Waals surface area (Å²) in [5.74, 6) is 0.975. The van der Waals surface area contributed by atoms with Gasteiger partial charge in [0.25, 0.3) is 0 Å². The van der Waals surface area contributed by atoms with E-state index in [-0.39, 0.29) is 17.1 Å². The summed E-state index contributed by atoms with van der Waals surface area (Å²) < 4.78 is 0. The molecule has 1 fully saturated rings. The van der Waals surface area contributed by atoms with E-state index in [0.29, 0.717) is 11.8 Å². The van der Waals surface area contributed by atoms with Crippen molar-refractivity contribution in [1.29, 1.82) is 0 Å². The van der Waals surface area contributed by atoms with E-state index in [0.717, 1.165) is 61.3 Å². The van der Waals surface area contributed by atoms with Crippen LogP contribution in [0.25, 0.3) is 16.3 Å². The largest absolute Gasteiger partial charge is 0.393 e. The minimum atomic E-state index is -0.463. The zero-order valence-corrected chi connectivity index (χ0v) is 18.6. The van der Waals surface area contributed by atoms with Gasteiger partial charge in [0.05, 0.1) is 12.2 Å². The van der Waals surface area contributed by atoms with Crippen LogP contribution < -0.4 is 5.56 Å². The SMILES string of the molecule is CC12CC(O)C3=C(CCC4CCC(O)CC4=C3)C1CC=C2c1ccc2cc(=O)[nH]cc2c1. The second-order valence-corrected chi connectivity index (χ2v) is 10.6. The summed E-state index contributed by atoms with van der Waals surface area (Å²) in [6, 6.07) is 7.98. The van der Waals surface area contributed by atoms with Crippen LogP contribution in [0.2, 0.25) is 0 Å². The maximum atomic E-state index is 11.7. The van der Waals surface area contributed by atoms with Crippen molar-refractivity contribution in [3.05, 3.63) is 75.3 Å². The molecule has 166 valence electrons. The number of hydrogen-bond donors (Lipinski definition) is 3. The Kier molecular flexibility index (Phi) is 4.60. The van der Waals surface area contributed by atoms with E-state index in [1.807, 2.05) is 6.07 Å². The predicted molar refractivity (Wildman–Crippen MR) is 127 cm³/mol. The third-order valence-electron chi connectivity index (χ3n) is 8.71. The summed E-state index contributed by atoms with van der Waals surface area (Å²) in [6.45, 7) is 2.33. The third kappa shape index (κ3) is 3.07. The molecule has 32 heavy (non-hydrogen) atoms. The van der Waals surface area contributed by atoms with E-state index >= 15 is 0 Å². The van der Waals surface area contributed by atoms with Crippen LogP contribution in [0.1, 0.15) is 57.4 Å². The Labute approximate surface area is 188 Å². The number of allylic oxidation sites excluding steroid dienone is 3. The van der Waals surface area contributed by atoms with Gasteiger partial charge in [-0.25, -0.2) is 0 Å². The van der Waals surface area contributed by atoms with Gasteiger partial charge in [-0.05, 0) is 90.3 Å². The van der Waals surface area contributed by atoms with Crippen LogP contribution in [0.3, 0.4) is 0 Å². The summed E-state index contributed by atoms with van der Waals surface area (Å²) in [6.07, 6.45) is 12.4. The van der Waals surface area contributed by atoms with Crippen molar-refractivity contribution in [2.24, 2.45) is 17.3 Å². The minimum Gasteiger partial charge on any atom is -0.393 e. The number of hydrogen-bond acceptors (Lipinski definition) is 3. The Morgan fingerprint density at radius 3 is 2.84 bits per heavy atom. The van der Waals surface area contributed by atoms with Crippen LogP contribution >= 0.6 is 0 Å². The van der Waals surface area contributed by atoms with Crippen molar-refractivity contribution in [1.82, 2.24) is 4.98 Å². The number of rotatable bonds is 1. The first-order chi connectivity index (χ1) is 15.4. The summed E-state index contributed by atoms with van der Waals surface area (Å²) in [5, 5.41) is 23.5. The first-order valence-corrected chi connectivity index (χ1v) is 12.1. The number of fused-ring (bicyclic) bond motifs is 4. The molecule has 1 heterocycles. The average molecular weight is 430 g/mol. The number of pyridine rings is 1. The standard InChI is InChI=1S/C28H31NO3/c1-28-14-26(31)23-12-19-11-21(30)6-4-16(19)5-7-22(23)25(28)9-8-24(28)18-3-2-17-13-27(32)29-15-20(17)10-18/h2-3,8,10,12-13,15-16,21,25-26,30-31H,4-7,9,11,14H2,1H3,(H,29,32). The summed E-state index contributed by atoms with van der Waals surface area (Å²) >= 11 is 0. The number of aromatic amines is 1. The van der Waals surface area contributed by atoms with E-state index < -0.39 is 6.10 Å². The lowest BCUT2D eigenvalue weighted by Gasteiger charge is -2.43. The smallest absolute Gasteiger partial charge is 0.248 e. The molecule has 0 radical (unpaired) electrons. The molecule has 4 aliphatic rings. The van der Waals surface area contributed by atoms with Gasteiger partial charge in [0, 0.05) is 17.7 Å². The maximum Gasteiger partial charge on any atom is 0.248 e. The van der Waals surface area contributed by atoms with Gasteiger partial charge in [-0.15, -0.1) is 0 Å². The molecule has 2 aromatic rings. The quantitative estimate of drug-likeness (QED) is 0.605. The lowest BCUT2D eigenvalue weighted by molar-refractivity contribution is 0.124. The Bertz CT molecular complexity index is 1250. The van der Waals surface area contributed by atoms with Crippen LogP contribution in [0, 0.1) is 17.3 Å². The van der Waals surface area contributed by atoms with E-state index in [9.17, 15) is 15.0 Å². The topological polar surface area (TPSA) is 73.3 Å². The molecule has 0 spiro atoms. The molecule has 6 rings (SSSR count). The number of H-pyrrole nitrogens is 1. The summed E-state index contributed by atoms with van der Waals surface area (Å²) in [4.78, 5) is 14.4. The van der Waals surface area contributed by atoms with Crippen molar-refractivity contribution in [2.45, 2.75) is 64.1 Å². The highest BCUT2D eigenvalue weighted by atomic mass is 16.3. The Morgan fingerprint density at radius 2 is 1.97 bits per heavy atom. The van der Waals surface area contributed by atoms with E-state index in [4.69, 9.17) is 0 Å². The molecule has 5 unspecified atom stereocenters. The van der Waals surface area contributed by atoms with Gasteiger partial charge < -0.3 is 15.2 Å². The normalized spacial score (nSPS) is 34.3. The van der Waals surface area contributed by atoms with Crippen LogP contribution in [-0.4, -0.2) is 27.4 Å². The third-order valence-corrected chi connectivity index (χ3v) is 8.71. The number of aliphatic hydroxyl groups excluding tert-OH is 2. The highest BCUT2D eigenvalue weighted by Crippen LogP contribution is 2.59. The molecular weight excluding hydrogens is 398 g/mol. The van der Waals surface area contributed by atoms with Crippen molar-refractivity contribution >= 4 is 16.3 Å². The predicted octanol–water partition coefficient (Wildman–Crippen LogP) is 4.88. The van der Waals surface area contributed by atoms with Crippen LogP contribution in [0.5, 0.6) is 0 Å². The summed E-state index contributed by atoms with van der Waals surface area (Å²) in [5.41, 5.74) is 6.28. The molecule has 0 amide bonds. The van der Waals surface area contributed by atoms with Crippen LogP contribution in [-0.2, 0) is 0 Å². The molecule has 0 bridgehead atoms. The summed E-state index contributed by atoms with van der Waals surface area (Å²) in [7, 11) is 0. The van der Waals surface area contributed by atoms with E-state index in [1.54, 1.807) is 12.3 Å². The van der Waals surface area contributed by atoms with Crippen molar-refractivity contribution in [3.63, 3.8) is 0 Å². The van der Waals surface area contributed by atoms with Crippen LogP contribution in [0.4, 0.5) is 0 Å². The molecular formula is C28H31NO3. The zero-order valence-electron chi connectivity index (χ0n) is 18.6. The second-order valence-electron chi connectivity index (χ2n) is 10.6. The van der Waals surface area contributed by atoms with Crippen molar-refractivity contribution in [2.75, 3.05) is 0 Å². The molecule has 4 nitrogen and oxygen atoms in total. The fourth-order valence-electron chi connectivity index (χ4n) is 7.06. The number of aromatic nitrogens is 1. The monoisotopic (exact) mass is 429 g/mol. The van der Waals surface area contributed by atoms with Gasteiger partial charge in [0.1, 0.15) is 0 Å². The molecule has 0 saturated heterocycles. The van der Waals surface area contributed by atoms with Crippen molar-refractivity contribution < 1.29 is 10.2 Å². The van der Waals surface area contributed by atoms with Crippen molar-refractivity contribution in [3.8, 4) is 0 Å². The lowest BCUT2D eigenvalue weighted by Crippen LogP contribution is -2.37. The highest BCUT2D eigenvalue weighted by Gasteiger charge is 2.49. The fraction of sp³-hybridized carbons (Fsp3) is 0.464. The molecule has 3 N–H and O–H groups in total. The minimum absolute atomic E-state index is 0.0807. The number of aliphatic hydroxyl groups is 2. The first kappa shape index (κ1) is 20.2.